The zero-order valence-electron chi connectivity index (χ0n) is 18.6. The molecule has 178 valence electrons. The van der Waals surface area contributed by atoms with Gasteiger partial charge < -0.3 is 19.2 Å². The van der Waals surface area contributed by atoms with E-state index in [9.17, 15) is 9.59 Å². The molecule has 0 spiro atoms. The quantitative estimate of drug-likeness (QED) is 0.534. The number of carbonyl (C=O) groups is 1. The third kappa shape index (κ3) is 4.67. The summed E-state index contributed by atoms with van der Waals surface area (Å²) in [7, 11) is 1.48. The van der Waals surface area contributed by atoms with Crippen LogP contribution in [0.15, 0.2) is 51.7 Å². The molecule has 2 unspecified atom stereocenters. The standard InChI is InChI=1S/C24H25ClN4O5/c1-32-21-12-20(27-23(30)33-13-14-5-3-2-4-6-14)19(25)11-18(21)22-28-29(24(31)34-22)17-9-15-7-8-16(10-17)26-15/h2-6,11-12,15-17,26H,7-10,13H2,1H3,(H,27,30). The predicted octanol–water partition coefficient (Wildman–Crippen LogP) is 4.37. The molecule has 5 rings (SSSR count). The SMILES string of the molecule is COc1cc(NC(=O)OCc2ccccc2)c(Cl)cc1-c1nn(C2CC3CCC(C2)N3)c(=O)o1. The van der Waals surface area contributed by atoms with Crippen molar-refractivity contribution >= 4 is 23.4 Å². The van der Waals surface area contributed by atoms with Crippen LogP contribution in [-0.4, -0.2) is 35.1 Å². The molecule has 0 saturated carbocycles. The molecule has 2 aliphatic heterocycles. The molecular formula is C24H25ClN4O5. The van der Waals surface area contributed by atoms with Crippen LogP contribution in [0.4, 0.5) is 10.5 Å². The molecule has 2 bridgehead atoms. The van der Waals surface area contributed by atoms with Crippen molar-refractivity contribution in [2.24, 2.45) is 0 Å². The van der Waals surface area contributed by atoms with Gasteiger partial charge in [-0.1, -0.05) is 41.9 Å². The summed E-state index contributed by atoms with van der Waals surface area (Å²) < 4.78 is 17.6. The summed E-state index contributed by atoms with van der Waals surface area (Å²) in [6.07, 6.45) is 3.26. The van der Waals surface area contributed by atoms with Crippen LogP contribution in [0, 0.1) is 0 Å². The Kier molecular flexibility index (Phi) is 6.30. The molecule has 2 atom stereocenters. The van der Waals surface area contributed by atoms with Crippen molar-refractivity contribution in [2.45, 2.75) is 50.4 Å². The first-order chi connectivity index (χ1) is 16.5. The van der Waals surface area contributed by atoms with Gasteiger partial charge in [-0.15, -0.1) is 5.10 Å². The number of piperidine rings is 1. The van der Waals surface area contributed by atoms with Crippen LogP contribution >= 0.6 is 11.6 Å². The normalized spacial score (nSPS) is 21.3. The topological polar surface area (TPSA) is 108 Å². The van der Waals surface area contributed by atoms with Crippen molar-refractivity contribution in [2.75, 3.05) is 12.4 Å². The number of ether oxygens (including phenoxy) is 2. The fraction of sp³-hybridized carbons (Fsp3) is 0.375. The molecule has 0 aliphatic carbocycles. The highest BCUT2D eigenvalue weighted by Gasteiger charge is 2.36. The number of benzene rings is 2. The van der Waals surface area contributed by atoms with E-state index in [0.29, 0.717) is 29.1 Å². The second-order valence-electron chi connectivity index (χ2n) is 8.60. The predicted molar refractivity (Wildman–Crippen MR) is 126 cm³/mol. The molecular weight excluding hydrogens is 460 g/mol. The summed E-state index contributed by atoms with van der Waals surface area (Å²) in [6, 6.07) is 13.3. The number of carbonyl (C=O) groups excluding carboxylic acids is 1. The van der Waals surface area contributed by atoms with Crippen molar-refractivity contribution in [3.8, 4) is 17.2 Å². The fourth-order valence-electron chi connectivity index (χ4n) is 4.71. The maximum absolute atomic E-state index is 12.6. The molecule has 1 amide bonds. The summed E-state index contributed by atoms with van der Waals surface area (Å²) in [5, 5.41) is 10.9. The lowest BCUT2D eigenvalue weighted by Gasteiger charge is -2.28. The number of nitrogens with one attached hydrogen (secondary N) is 2. The Morgan fingerprint density at radius 2 is 1.97 bits per heavy atom. The zero-order valence-corrected chi connectivity index (χ0v) is 19.4. The smallest absolute Gasteiger partial charge is 0.437 e. The minimum atomic E-state index is -0.656. The van der Waals surface area contributed by atoms with Crippen molar-refractivity contribution in [1.29, 1.82) is 0 Å². The molecule has 2 aromatic carbocycles. The van der Waals surface area contributed by atoms with E-state index in [4.69, 9.17) is 25.5 Å². The van der Waals surface area contributed by atoms with Crippen LogP contribution in [0.1, 0.15) is 37.3 Å². The summed E-state index contributed by atoms with van der Waals surface area (Å²) >= 11 is 6.42. The number of anilines is 1. The molecule has 1 aromatic heterocycles. The summed E-state index contributed by atoms with van der Waals surface area (Å²) in [5.41, 5.74) is 1.59. The lowest BCUT2D eigenvalue weighted by atomic mass is 10.0. The number of hydrogen-bond donors (Lipinski definition) is 2. The Balaban J connectivity index is 1.34. The van der Waals surface area contributed by atoms with Crippen molar-refractivity contribution in [3.05, 3.63) is 63.6 Å². The van der Waals surface area contributed by atoms with E-state index in [1.165, 1.54) is 11.8 Å². The minimum absolute atomic E-state index is 0.00876. The van der Waals surface area contributed by atoms with E-state index in [1.54, 1.807) is 12.1 Å². The van der Waals surface area contributed by atoms with Gasteiger partial charge in [-0.2, -0.15) is 4.68 Å². The van der Waals surface area contributed by atoms with Crippen LogP contribution in [0.5, 0.6) is 5.75 Å². The first kappa shape index (κ1) is 22.5. The molecule has 2 N–H and O–H groups in total. The van der Waals surface area contributed by atoms with Gasteiger partial charge in [0.15, 0.2) is 0 Å². The summed E-state index contributed by atoms with van der Waals surface area (Å²) in [6.45, 7) is 0.126. The van der Waals surface area contributed by atoms with Crippen molar-refractivity contribution < 1.29 is 18.7 Å². The highest BCUT2D eigenvalue weighted by atomic mass is 35.5. The van der Waals surface area contributed by atoms with Gasteiger partial charge in [0.05, 0.1) is 29.4 Å². The number of amides is 1. The van der Waals surface area contributed by atoms with Crippen LogP contribution in [0.25, 0.3) is 11.5 Å². The molecule has 34 heavy (non-hydrogen) atoms. The number of hydrogen-bond acceptors (Lipinski definition) is 7. The third-order valence-corrected chi connectivity index (χ3v) is 6.65. The van der Waals surface area contributed by atoms with Crippen LogP contribution in [-0.2, 0) is 11.3 Å². The number of methoxy groups -OCH3 is 1. The zero-order chi connectivity index (χ0) is 23.7. The van der Waals surface area contributed by atoms with E-state index < -0.39 is 11.8 Å². The van der Waals surface area contributed by atoms with Crippen molar-refractivity contribution in [1.82, 2.24) is 15.1 Å². The molecule has 10 heteroatoms. The number of halogens is 1. The van der Waals surface area contributed by atoms with Crippen molar-refractivity contribution in [3.63, 3.8) is 0 Å². The lowest BCUT2D eigenvalue weighted by molar-refractivity contribution is 0.155. The van der Waals surface area contributed by atoms with E-state index in [2.05, 4.69) is 15.7 Å². The first-order valence-electron chi connectivity index (χ1n) is 11.2. The lowest BCUT2D eigenvalue weighted by Crippen LogP contribution is -2.41. The first-order valence-corrected chi connectivity index (χ1v) is 11.6. The Bertz CT molecular complexity index is 1230. The monoisotopic (exact) mass is 484 g/mol. The fourth-order valence-corrected chi connectivity index (χ4v) is 4.92. The van der Waals surface area contributed by atoms with Gasteiger partial charge in [0.1, 0.15) is 12.4 Å². The van der Waals surface area contributed by atoms with Gasteiger partial charge in [-0.05, 0) is 37.3 Å². The molecule has 9 nitrogen and oxygen atoms in total. The Hall–Kier alpha value is -3.30. The molecule has 2 aliphatic rings. The third-order valence-electron chi connectivity index (χ3n) is 6.33. The highest BCUT2D eigenvalue weighted by molar-refractivity contribution is 6.34. The molecule has 2 saturated heterocycles. The maximum Gasteiger partial charge on any atom is 0.437 e. The van der Waals surface area contributed by atoms with E-state index >= 15 is 0 Å². The van der Waals surface area contributed by atoms with E-state index in [0.717, 1.165) is 31.2 Å². The largest absolute Gasteiger partial charge is 0.496 e. The van der Waals surface area contributed by atoms with E-state index in [-0.39, 0.29) is 23.6 Å². The Morgan fingerprint density at radius 1 is 1.24 bits per heavy atom. The van der Waals surface area contributed by atoms with Gasteiger partial charge in [-0.25, -0.2) is 9.59 Å². The average molecular weight is 485 g/mol. The van der Waals surface area contributed by atoms with Gasteiger partial charge in [0, 0.05) is 18.2 Å². The average Bonchev–Trinajstić information content (AvgIpc) is 3.40. The number of fused-ring (bicyclic) bond motifs is 2. The second kappa shape index (κ2) is 9.52. The number of aromatic nitrogens is 2. The highest BCUT2D eigenvalue weighted by Crippen LogP contribution is 2.38. The van der Waals surface area contributed by atoms with Crippen LogP contribution in [0.2, 0.25) is 5.02 Å². The molecule has 3 heterocycles. The van der Waals surface area contributed by atoms with E-state index in [1.807, 2.05) is 30.3 Å². The van der Waals surface area contributed by atoms with Gasteiger partial charge in [0.25, 0.3) is 5.89 Å². The molecule has 0 radical (unpaired) electrons. The van der Waals surface area contributed by atoms with Gasteiger partial charge in [-0.3, -0.25) is 5.32 Å². The molecule has 2 fully saturated rings. The van der Waals surface area contributed by atoms with Crippen LogP contribution < -0.4 is 21.1 Å². The summed E-state index contributed by atoms with van der Waals surface area (Å²) in [5.74, 6) is -0.0412. The molecule has 3 aromatic rings. The second-order valence-corrected chi connectivity index (χ2v) is 9.01. The minimum Gasteiger partial charge on any atom is -0.496 e. The van der Waals surface area contributed by atoms with Gasteiger partial charge >= 0.3 is 11.8 Å². The Morgan fingerprint density at radius 3 is 2.68 bits per heavy atom. The Labute approximate surface area is 201 Å². The maximum atomic E-state index is 12.6. The van der Waals surface area contributed by atoms with Crippen LogP contribution in [0.3, 0.4) is 0 Å². The summed E-state index contributed by atoms with van der Waals surface area (Å²) in [4.78, 5) is 24.9. The number of rotatable bonds is 6. The number of nitrogens with zero attached hydrogens (tertiary/aromatic N) is 2. The van der Waals surface area contributed by atoms with Gasteiger partial charge in [0.2, 0.25) is 0 Å².